The molecule has 2 atom stereocenters. The highest BCUT2D eigenvalue weighted by Gasteiger charge is 2.48. The van der Waals surface area contributed by atoms with Crippen LogP contribution in [0.1, 0.15) is 18.9 Å². The van der Waals surface area contributed by atoms with Gasteiger partial charge in [0, 0.05) is 16.0 Å². The second kappa shape index (κ2) is 10.2. The van der Waals surface area contributed by atoms with Gasteiger partial charge in [0.05, 0.1) is 18.7 Å². The van der Waals surface area contributed by atoms with Gasteiger partial charge in [-0.15, -0.1) is 0 Å². The number of rotatable bonds is 7. The molecular weight excluding hydrogens is 502 g/mol. The van der Waals surface area contributed by atoms with Crippen molar-refractivity contribution in [2.45, 2.75) is 25.9 Å². The van der Waals surface area contributed by atoms with Crippen LogP contribution in [0.2, 0.25) is 5.02 Å². The molecule has 8 nitrogen and oxygen atoms in total. The van der Waals surface area contributed by atoms with E-state index in [0.717, 1.165) is 14.9 Å². The number of esters is 2. The number of urea groups is 1. The monoisotopic (exact) mass is 521 g/mol. The van der Waals surface area contributed by atoms with Gasteiger partial charge in [-0.05, 0) is 47.9 Å². The number of amides is 3. The number of carbonyl (C=O) groups excluding carboxylic acids is 4. The summed E-state index contributed by atoms with van der Waals surface area (Å²) in [4.78, 5) is 52.6. The molecule has 0 saturated carbocycles. The summed E-state index contributed by atoms with van der Waals surface area (Å²) in [6.45, 7) is 1.39. The lowest BCUT2D eigenvalue weighted by Crippen LogP contribution is -2.40. The fourth-order valence-corrected chi connectivity index (χ4v) is 3.91. The van der Waals surface area contributed by atoms with Crippen molar-refractivity contribution in [1.82, 2.24) is 4.90 Å². The maximum absolute atomic E-state index is 13.3. The maximum Gasteiger partial charge on any atom is 0.332 e. The fraction of sp³-hybridized carbons (Fsp3) is 0.273. The van der Waals surface area contributed by atoms with E-state index in [1.54, 1.807) is 31.2 Å². The number of hydrogen-bond donors (Lipinski definition) is 1. The number of halogens is 2. The molecule has 0 bridgehead atoms. The summed E-state index contributed by atoms with van der Waals surface area (Å²) in [6.07, 6.45) is -0.235. The van der Waals surface area contributed by atoms with Crippen LogP contribution < -0.4 is 10.6 Å². The molecule has 0 spiro atoms. The topological polar surface area (TPSA) is 110 Å². The highest BCUT2D eigenvalue weighted by molar-refractivity contribution is 9.10. The van der Waals surface area contributed by atoms with E-state index in [4.69, 9.17) is 17.3 Å². The Bertz CT molecular complexity index is 1030. The van der Waals surface area contributed by atoms with Crippen LogP contribution in [0.25, 0.3) is 0 Å². The van der Waals surface area contributed by atoms with E-state index in [0.29, 0.717) is 10.7 Å². The highest BCUT2D eigenvalue weighted by Crippen LogP contribution is 2.32. The minimum absolute atomic E-state index is 0.160. The average Bonchev–Trinajstić information content (AvgIpc) is 2.99. The highest BCUT2D eigenvalue weighted by atomic mass is 79.9. The van der Waals surface area contributed by atoms with Gasteiger partial charge in [0.25, 0.3) is 5.91 Å². The van der Waals surface area contributed by atoms with Gasteiger partial charge in [-0.2, -0.15) is 0 Å². The average molecular weight is 523 g/mol. The predicted octanol–water partition coefficient (Wildman–Crippen LogP) is 3.49. The Morgan fingerprint density at radius 2 is 1.72 bits per heavy atom. The molecule has 3 amide bonds. The van der Waals surface area contributed by atoms with Crippen LogP contribution in [0, 0.1) is 5.92 Å². The first-order valence-corrected chi connectivity index (χ1v) is 11.0. The number of hydrogen-bond acceptors (Lipinski definition) is 6. The van der Waals surface area contributed by atoms with Gasteiger partial charge < -0.3 is 15.4 Å². The van der Waals surface area contributed by atoms with Crippen LogP contribution in [0.3, 0.4) is 0 Å². The van der Waals surface area contributed by atoms with E-state index in [1.807, 2.05) is 24.3 Å². The molecule has 0 aliphatic carbocycles. The van der Waals surface area contributed by atoms with E-state index in [2.05, 4.69) is 20.7 Å². The van der Waals surface area contributed by atoms with Gasteiger partial charge in [-0.1, -0.05) is 46.6 Å². The lowest BCUT2D eigenvalue weighted by molar-refractivity contribution is -0.159. The van der Waals surface area contributed by atoms with Crippen molar-refractivity contribution in [3.8, 4) is 0 Å². The Balaban J connectivity index is 1.90. The van der Waals surface area contributed by atoms with Crippen molar-refractivity contribution in [2.75, 3.05) is 11.4 Å². The quantitative estimate of drug-likeness (QED) is 0.339. The summed E-state index contributed by atoms with van der Waals surface area (Å²) in [5.41, 5.74) is 6.36. The third kappa shape index (κ3) is 5.35. The number of ether oxygens (including phenoxy) is 1. The van der Waals surface area contributed by atoms with Crippen LogP contribution in [-0.4, -0.2) is 41.4 Å². The molecule has 1 saturated heterocycles. The third-order valence-corrected chi connectivity index (χ3v) is 5.80. The number of nitrogens with two attached hydrogens (primary N) is 1. The lowest BCUT2D eigenvalue weighted by Gasteiger charge is -2.26. The molecule has 3 rings (SSSR count). The van der Waals surface area contributed by atoms with Gasteiger partial charge in [0.1, 0.15) is 6.04 Å². The molecular formula is C22H21BrClN3O5. The molecule has 1 aliphatic heterocycles. The number of imide groups is 1. The summed E-state index contributed by atoms with van der Waals surface area (Å²) in [5, 5.41) is 0.469. The first-order chi connectivity index (χ1) is 15.2. The number of carbonyl (C=O) groups is 4. The van der Waals surface area contributed by atoms with Gasteiger partial charge in [0.15, 0.2) is 0 Å². The third-order valence-electron chi connectivity index (χ3n) is 5.02. The Kier molecular flexibility index (Phi) is 7.65. The van der Waals surface area contributed by atoms with E-state index in [1.165, 1.54) is 4.90 Å². The van der Waals surface area contributed by atoms with Crippen molar-refractivity contribution >= 4 is 57.1 Å². The van der Waals surface area contributed by atoms with E-state index >= 15 is 0 Å². The molecule has 10 heteroatoms. The Labute approximate surface area is 198 Å². The summed E-state index contributed by atoms with van der Waals surface area (Å²) in [7, 11) is 0. The van der Waals surface area contributed by atoms with Crippen LogP contribution >= 0.6 is 27.5 Å². The smallest absolute Gasteiger partial charge is 0.332 e. The normalized spacial score (nSPS) is 16.9. The molecule has 1 aliphatic rings. The summed E-state index contributed by atoms with van der Waals surface area (Å²) in [6, 6.07) is 12.2. The second-order valence-electron chi connectivity index (χ2n) is 7.36. The standard InChI is InChI=1S/C22H21BrClN3O5/c1-13(10-18(28)32-19(29)11-25)20-21(30)27(17-8-6-16(24)7-9-17)22(31)26(20)12-14-2-4-15(23)5-3-14/h2-9,13,20H,10-12,25H2,1H3. The molecule has 0 aromatic heterocycles. The van der Waals surface area contributed by atoms with Crippen molar-refractivity contribution in [3.05, 3.63) is 63.6 Å². The molecule has 2 unspecified atom stereocenters. The number of nitrogens with zero attached hydrogens (tertiary/aromatic N) is 2. The van der Waals surface area contributed by atoms with Crippen molar-refractivity contribution in [2.24, 2.45) is 11.7 Å². The first-order valence-electron chi connectivity index (χ1n) is 9.79. The van der Waals surface area contributed by atoms with E-state index < -0.39 is 42.4 Å². The Morgan fingerprint density at radius 3 is 2.31 bits per heavy atom. The van der Waals surface area contributed by atoms with E-state index in [9.17, 15) is 19.2 Å². The molecule has 2 aromatic rings. The zero-order chi connectivity index (χ0) is 23.4. The first kappa shape index (κ1) is 23.9. The van der Waals surface area contributed by atoms with Crippen molar-refractivity contribution < 1.29 is 23.9 Å². The molecule has 2 N–H and O–H groups in total. The predicted molar refractivity (Wildman–Crippen MR) is 122 cm³/mol. The second-order valence-corrected chi connectivity index (χ2v) is 8.72. The number of anilines is 1. The Hall–Kier alpha value is -2.75. The molecule has 32 heavy (non-hydrogen) atoms. The van der Waals surface area contributed by atoms with Crippen LogP contribution in [-0.2, 0) is 25.7 Å². The largest absolute Gasteiger partial charge is 0.392 e. The Morgan fingerprint density at radius 1 is 1.09 bits per heavy atom. The molecule has 168 valence electrons. The van der Waals surface area contributed by atoms with Crippen molar-refractivity contribution in [1.29, 1.82) is 0 Å². The minimum atomic E-state index is -0.928. The van der Waals surface area contributed by atoms with Crippen LogP contribution in [0.4, 0.5) is 10.5 Å². The van der Waals surface area contributed by atoms with Gasteiger partial charge in [0.2, 0.25) is 0 Å². The summed E-state index contributed by atoms with van der Waals surface area (Å²) in [5.74, 6) is -2.75. The van der Waals surface area contributed by atoms with Gasteiger partial charge in [-0.3, -0.25) is 14.4 Å². The lowest BCUT2D eigenvalue weighted by atomic mass is 9.96. The van der Waals surface area contributed by atoms with Crippen molar-refractivity contribution in [3.63, 3.8) is 0 Å². The molecule has 0 radical (unpaired) electrons. The van der Waals surface area contributed by atoms with Crippen LogP contribution in [0.5, 0.6) is 0 Å². The summed E-state index contributed by atoms with van der Waals surface area (Å²) < 4.78 is 5.51. The minimum Gasteiger partial charge on any atom is -0.392 e. The zero-order valence-corrected chi connectivity index (χ0v) is 19.5. The van der Waals surface area contributed by atoms with Gasteiger partial charge in [-0.25, -0.2) is 9.69 Å². The molecule has 1 fully saturated rings. The zero-order valence-electron chi connectivity index (χ0n) is 17.2. The van der Waals surface area contributed by atoms with E-state index in [-0.39, 0.29) is 13.0 Å². The molecule has 2 aromatic carbocycles. The van der Waals surface area contributed by atoms with Crippen LogP contribution in [0.15, 0.2) is 53.0 Å². The fourth-order valence-electron chi connectivity index (χ4n) is 3.52. The summed E-state index contributed by atoms with van der Waals surface area (Å²) >= 11 is 9.31. The molecule has 1 heterocycles. The number of benzene rings is 2. The maximum atomic E-state index is 13.3. The SMILES string of the molecule is CC(CC(=O)OC(=O)CN)C1C(=O)N(c2ccc(Cl)cc2)C(=O)N1Cc1ccc(Br)cc1. The van der Waals surface area contributed by atoms with Gasteiger partial charge >= 0.3 is 18.0 Å².